The average molecular weight is 291 g/mol. The Balaban J connectivity index is 2.32. The maximum Gasteiger partial charge on any atom is 0.306 e. The fraction of sp³-hybridized carbons (Fsp3) is 0.500. The SMILES string of the molecule is CCCN1C(=O)C(CC(=O)OCC)C(O)c2ccccc21. The van der Waals surface area contributed by atoms with Gasteiger partial charge in [0.2, 0.25) is 5.91 Å². The molecule has 1 aliphatic rings. The lowest BCUT2D eigenvalue weighted by Gasteiger charge is -2.36. The number of fused-ring (bicyclic) bond motifs is 1. The van der Waals surface area contributed by atoms with Gasteiger partial charge in [0.05, 0.1) is 25.0 Å². The Morgan fingerprint density at radius 1 is 1.33 bits per heavy atom. The summed E-state index contributed by atoms with van der Waals surface area (Å²) in [5, 5.41) is 10.4. The predicted octanol–water partition coefficient (Wildman–Crippen LogP) is 2.05. The number of rotatable bonds is 5. The van der Waals surface area contributed by atoms with E-state index in [2.05, 4.69) is 0 Å². The van der Waals surface area contributed by atoms with Gasteiger partial charge in [-0.2, -0.15) is 0 Å². The van der Waals surface area contributed by atoms with Gasteiger partial charge in [-0.05, 0) is 19.4 Å². The maximum atomic E-state index is 12.6. The Morgan fingerprint density at radius 2 is 2.05 bits per heavy atom. The first-order valence-corrected chi connectivity index (χ1v) is 7.34. The third kappa shape index (κ3) is 3.08. The van der Waals surface area contributed by atoms with Crippen molar-refractivity contribution in [2.45, 2.75) is 32.8 Å². The van der Waals surface area contributed by atoms with Crippen molar-refractivity contribution in [2.75, 3.05) is 18.1 Å². The minimum absolute atomic E-state index is 0.0949. The van der Waals surface area contributed by atoms with Crippen LogP contribution in [-0.4, -0.2) is 30.1 Å². The highest BCUT2D eigenvalue weighted by atomic mass is 16.5. The number of esters is 1. The van der Waals surface area contributed by atoms with Crippen molar-refractivity contribution in [1.82, 2.24) is 0 Å². The molecular formula is C16H21NO4. The topological polar surface area (TPSA) is 66.8 Å². The Bertz CT molecular complexity index is 529. The van der Waals surface area contributed by atoms with E-state index in [1.54, 1.807) is 17.9 Å². The second-order valence-electron chi connectivity index (χ2n) is 5.11. The highest BCUT2D eigenvalue weighted by Gasteiger charge is 2.40. The average Bonchev–Trinajstić information content (AvgIpc) is 2.48. The number of anilines is 1. The van der Waals surface area contributed by atoms with E-state index in [-0.39, 0.29) is 18.9 Å². The highest BCUT2D eigenvalue weighted by Crippen LogP contribution is 2.39. The molecule has 21 heavy (non-hydrogen) atoms. The molecule has 5 nitrogen and oxygen atoms in total. The third-order valence-corrected chi connectivity index (χ3v) is 3.65. The summed E-state index contributed by atoms with van der Waals surface area (Å²) in [6, 6.07) is 7.29. The predicted molar refractivity (Wildman–Crippen MR) is 78.8 cm³/mol. The molecule has 0 fully saturated rings. The number of para-hydroxylation sites is 1. The van der Waals surface area contributed by atoms with E-state index in [4.69, 9.17) is 4.74 Å². The standard InChI is InChI=1S/C16H21NO4/c1-3-9-17-13-8-6-5-7-11(13)15(19)12(16(17)20)10-14(18)21-4-2/h5-8,12,15,19H,3-4,9-10H2,1-2H3. The molecule has 1 aromatic carbocycles. The van der Waals surface area contributed by atoms with Crippen molar-refractivity contribution < 1.29 is 19.4 Å². The first-order valence-electron chi connectivity index (χ1n) is 7.34. The molecule has 5 heteroatoms. The second kappa shape index (κ2) is 6.72. The number of aliphatic hydroxyl groups excluding tert-OH is 1. The number of carbonyl (C=O) groups excluding carboxylic acids is 2. The van der Waals surface area contributed by atoms with E-state index in [1.165, 1.54) is 0 Å². The molecule has 2 atom stereocenters. The summed E-state index contributed by atoms with van der Waals surface area (Å²) in [5.74, 6) is -1.44. The summed E-state index contributed by atoms with van der Waals surface area (Å²) >= 11 is 0. The Hall–Kier alpha value is -1.88. The van der Waals surface area contributed by atoms with E-state index in [9.17, 15) is 14.7 Å². The lowest BCUT2D eigenvalue weighted by molar-refractivity contribution is -0.148. The van der Waals surface area contributed by atoms with Gasteiger partial charge in [-0.1, -0.05) is 25.1 Å². The van der Waals surface area contributed by atoms with Crippen molar-refractivity contribution in [3.63, 3.8) is 0 Å². The zero-order valence-corrected chi connectivity index (χ0v) is 12.4. The molecule has 114 valence electrons. The lowest BCUT2D eigenvalue weighted by Crippen LogP contribution is -2.44. The summed E-state index contributed by atoms with van der Waals surface area (Å²) in [5.41, 5.74) is 1.43. The van der Waals surface area contributed by atoms with Crippen molar-refractivity contribution in [1.29, 1.82) is 0 Å². The molecule has 0 radical (unpaired) electrons. The van der Waals surface area contributed by atoms with Gasteiger partial charge >= 0.3 is 5.97 Å². The molecule has 1 amide bonds. The molecule has 0 aliphatic carbocycles. The third-order valence-electron chi connectivity index (χ3n) is 3.65. The van der Waals surface area contributed by atoms with Crippen molar-refractivity contribution in [3.8, 4) is 0 Å². The number of benzene rings is 1. The number of amides is 1. The molecule has 0 spiro atoms. The molecule has 0 bridgehead atoms. The maximum absolute atomic E-state index is 12.6. The Morgan fingerprint density at radius 3 is 2.71 bits per heavy atom. The fourth-order valence-electron chi connectivity index (χ4n) is 2.71. The second-order valence-corrected chi connectivity index (χ2v) is 5.11. The van der Waals surface area contributed by atoms with Crippen LogP contribution in [-0.2, 0) is 14.3 Å². The van der Waals surface area contributed by atoms with Gasteiger partial charge in [-0.15, -0.1) is 0 Å². The number of ether oxygens (including phenoxy) is 1. The smallest absolute Gasteiger partial charge is 0.306 e. The van der Waals surface area contributed by atoms with Crippen molar-refractivity contribution in [3.05, 3.63) is 29.8 Å². The first kappa shape index (κ1) is 15.5. The van der Waals surface area contributed by atoms with Crippen LogP contribution >= 0.6 is 0 Å². The van der Waals surface area contributed by atoms with Crippen LogP contribution in [0.25, 0.3) is 0 Å². The zero-order chi connectivity index (χ0) is 15.4. The van der Waals surface area contributed by atoms with Crippen molar-refractivity contribution in [2.24, 2.45) is 5.92 Å². The largest absolute Gasteiger partial charge is 0.466 e. The zero-order valence-electron chi connectivity index (χ0n) is 12.4. The molecule has 1 aliphatic heterocycles. The van der Waals surface area contributed by atoms with E-state index in [0.717, 1.165) is 12.1 Å². The molecule has 1 aromatic rings. The summed E-state index contributed by atoms with van der Waals surface area (Å²) in [6.07, 6.45) is -0.253. The summed E-state index contributed by atoms with van der Waals surface area (Å²) in [6.45, 7) is 4.55. The van der Waals surface area contributed by atoms with Gasteiger partial charge in [0.1, 0.15) is 0 Å². The quantitative estimate of drug-likeness (QED) is 0.843. The number of nitrogens with zero attached hydrogens (tertiary/aromatic N) is 1. The fourth-order valence-corrected chi connectivity index (χ4v) is 2.71. The van der Waals surface area contributed by atoms with Crippen molar-refractivity contribution >= 4 is 17.6 Å². The number of hydrogen-bond acceptors (Lipinski definition) is 4. The summed E-state index contributed by atoms with van der Waals surface area (Å²) in [7, 11) is 0. The Kier molecular flexibility index (Phi) is 4.96. The van der Waals surface area contributed by atoms with Crippen LogP contribution < -0.4 is 4.90 Å². The molecule has 2 unspecified atom stereocenters. The normalized spacial score (nSPS) is 21.1. The van der Waals surface area contributed by atoms with Gasteiger partial charge in [-0.3, -0.25) is 9.59 Å². The van der Waals surface area contributed by atoms with E-state index < -0.39 is 18.0 Å². The van der Waals surface area contributed by atoms with Gasteiger partial charge < -0.3 is 14.7 Å². The summed E-state index contributed by atoms with van der Waals surface area (Å²) in [4.78, 5) is 25.9. The van der Waals surface area contributed by atoms with E-state index in [0.29, 0.717) is 12.1 Å². The summed E-state index contributed by atoms with van der Waals surface area (Å²) < 4.78 is 4.90. The molecule has 0 saturated heterocycles. The number of aliphatic hydroxyl groups is 1. The van der Waals surface area contributed by atoms with Gasteiger partial charge in [0, 0.05) is 17.8 Å². The highest BCUT2D eigenvalue weighted by molar-refractivity contribution is 6.00. The Labute approximate surface area is 124 Å². The molecule has 1 heterocycles. The van der Waals surface area contributed by atoms with E-state index >= 15 is 0 Å². The number of hydrogen-bond donors (Lipinski definition) is 1. The van der Waals surface area contributed by atoms with Gasteiger partial charge in [0.25, 0.3) is 0 Å². The number of carbonyl (C=O) groups is 2. The van der Waals surface area contributed by atoms with Crippen LogP contribution in [0.2, 0.25) is 0 Å². The van der Waals surface area contributed by atoms with Crippen LogP contribution in [0.4, 0.5) is 5.69 Å². The monoisotopic (exact) mass is 291 g/mol. The first-order chi connectivity index (χ1) is 10.1. The minimum Gasteiger partial charge on any atom is -0.466 e. The van der Waals surface area contributed by atoms with Crippen LogP contribution in [0, 0.1) is 5.92 Å². The van der Waals surface area contributed by atoms with Gasteiger partial charge in [0.15, 0.2) is 0 Å². The molecule has 1 N–H and O–H groups in total. The lowest BCUT2D eigenvalue weighted by atomic mass is 9.86. The van der Waals surface area contributed by atoms with Crippen LogP contribution in [0.5, 0.6) is 0 Å². The molecule has 0 aromatic heterocycles. The molecule has 0 saturated carbocycles. The molecular weight excluding hydrogens is 270 g/mol. The van der Waals surface area contributed by atoms with Crippen LogP contribution in [0.15, 0.2) is 24.3 Å². The van der Waals surface area contributed by atoms with Gasteiger partial charge in [-0.25, -0.2) is 0 Å². The minimum atomic E-state index is -0.966. The molecule has 2 rings (SSSR count). The van der Waals surface area contributed by atoms with Crippen LogP contribution in [0.3, 0.4) is 0 Å². The van der Waals surface area contributed by atoms with Crippen LogP contribution in [0.1, 0.15) is 38.4 Å². The van der Waals surface area contributed by atoms with E-state index in [1.807, 2.05) is 25.1 Å².